The second kappa shape index (κ2) is 11.5. The lowest BCUT2D eigenvalue weighted by atomic mass is 10.1. The van der Waals surface area contributed by atoms with Crippen molar-refractivity contribution in [2.24, 2.45) is 5.73 Å². The average molecular weight is 495 g/mol. The van der Waals surface area contributed by atoms with Crippen LogP contribution in [0.5, 0.6) is 5.75 Å². The van der Waals surface area contributed by atoms with Gasteiger partial charge in [0.05, 0.1) is 17.7 Å². The second-order valence-corrected chi connectivity index (χ2v) is 8.50. The van der Waals surface area contributed by atoms with Gasteiger partial charge < -0.3 is 25.7 Å². The molecule has 0 saturated carbocycles. The zero-order valence-electron chi connectivity index (χ0n) is 19.1. The van der Waals surface area contributed by atoms with E-state index in [0.29, 0.717) is 41.7 Å². The molecule has 0 spiro atoms. The van der Waals surface area contributed by atoms with Crippen LogP contribution in [-0.2, 0) is 4.79 Å². The highest BCUT2D eigenvalue weighted by atomic mass is 35.5. The summed E-state index contributed by atoms with van der Waals surface area (Å²) < 4.78 is 5.76. The first-order valence-corrected chi connectivity index (χ1v) is 11.6. The lowest BCUT2D eigenvalue weighted by Crippen LogP contribution is -2.49. The van der Waals surface area contributed by atoms with Gasteiger partial charge in [-0.3, -0.25) is 14.5 Å². The van der Waals surface area contributed by atoms with E-state index in [9.17, 15) is 9.59 Å². The summed E-state index contributed by atoms with van der Waals surface area (Å²) in [5, 5.41) is 3.41. The van der Waals surface area contributed by atoms with Gasteiger partial charge in [-0.15, -0.1) is 0 Å². The molecule has 35 heavy (non-hydrogen) atoms. The Balaban J connectivity index is 1.25. The first-order chi connectivity index (χ1) is 17.0. The van der Waals surface area contributed by atoms with Crippen LogP contribution in [0.2, 0.25) is 5.02 Å². The number of carbonyl (C=O) groups excluding carboxylic acids is 2. The van der Waals surface area contributed by atoms with E-state index >= 15 is 0 Å². The van der Waals surface area contributed by atoms with E-state index in [-0.39, 0.29) is 11.6 Å². The van der Waals surface area contributed by atoms with Crippen molar-refractivity contribution in [2.45, 2.75) is 0 Å². The lowest BCUT2D eigenvalue weighted by Gasteiger charge is -2.34. The molecule has 182 valence electrons. The molecule has 1 aliphatic rings. The Morgan fingerprint density at radius 3 is 2.63 bits per heavy atom. The van der Waals surface area contributed by atoms with Gasteiger partial charge in [-0.05, 0) is 48.5 Å². The fourth-order valence-corrected chi connectivity index (χ4v) is 3.82. The van der Waals surface area contributed by atoms with Crippen LogP contribution in [0.1, 0.15) is 16.1 Å². The third-order valence-electron chi connectivity index (χ3n) is 5.60. The van der Waals surface area contributed by atoms with E-state index in [0.717, 1.165) is 25.4 Å². The standard InChI is InChI=1S/C25H27ClN6O3/c26-19-4-6-22(7-5-19)35-13-12-31-8-10-32(11-9-31)25(34)18-2-1-3-20(14-18)30-24(33)23(27)15-21-16-28-17-29-21/h1-7,14-17H,8-13,27H2,(H,28,29)(H,30,33). The van der Waals surface area contributed by atoms with Crippen LogP contribution < -0.4 is 15.8 Å². The van der Waals surface area contributed by atoms with Crippen LogP contribution in [0.4, 0.5) is 5.69 Å². The summed E-state index contributed by atoms with van der Waals surface area (Å²) in [5.74, 6) is 0.249. The highest BCUT2D eigenvalue weighted by Gasteiger charge is 2.22. The summed E-state index contributed by atoms with van der Waals surface area (Å²) in [6.07, 6.45) is 4.60. The second-order valence-electron chi connectivity index (χ2n) is 8.06. The number of carbonyl (C=O) groups is 2. The van der Waals surface area contributed by atoms with Crippen molar-refractivity contribution in [3.05, 3.63) is 83.0 Å². The number of hydrogen-bond donors (Lipinski definition) is 3. The number of H-pyrrole nitrogens is 1. The van der Waals surface area contributed by atoms with Crippen molar-refractivity contribution < 1.29 is 14.3 Å². The summed E-state index contributed by atoms with van der Waals surface area (Å²) in [7, 11) is 0. The molecule has 0 atom stereocenters. The Hall–Kier alpha value is -3.82. The topological polar surface area (TPSA) is 117 Å². The summed E-state index contributed by atoms with van der Waals surface area (Å²) in [5.41, 5.74) is 7.44. The highest BCUT2D eigenvalue weighted by molar-refractivity contribution is 6.30. The molecular weight excluding hydrogens is 468 g/mol. The molecule has 1 fully saturated rings. The predicted molar refractivity (Wildman–Crippen MR) is 135 cm³/mol. The molecule has 2 heterocycles. The van der Waals surface area contributed by atoms with Crippen LogP contribution in [0.3, 0.4) is 0 Å². The first kappa shape index (κ1) is 24.3. The number of nitrogens with one attached hydrogen (secondary N) is 2. The lowest BCUT2D eigenvalue weighted by molar-refractivity contribution is -0.112. The molecule has 9 nitrogen and oxygen atoms in total. The molecular formula is C25H27ClN6O3. The van der Waals surface area contributed by atoms with Crippen LogP contribution in [0, 0.1) is 0 Å². The Bertz CT molecular complexity index is 1170. The average Bonchev–Trinajstić information content (AvgIpc) is 3.38. The Labute approximate surface area is 208 Å². The van der Waals surface area contributed by atoms with Gasteiger partial charge in [-0.2, -0.15) is 0 Å². The minimum Gasteiger partial charge on any atom is -0.492 e. The third kappa shape index (κ3) is 6.84. The first-order valence-electron chi connectivity index (χ1n) is 11.3. The SMILES string of the molecule is NC(=Cc1c[nH]cn1)C(=O)Nc1cccc(C(=O)N2CCN(CCOc3ccc(Cl)cc3)CC2)c1. The minimum absolute atomic E-state index is 0.0185. The van der Waals surface area contributed by atoms with Gasteiger partial charge in [0.15, 0.2) is 0 Å². The van der Waals surface area contributed by atoms with Gasteiger partial charge in [0.1, 0.15) is 12.4 Å². The molecule has 1 aromatic heterocycles. The molecule has 4 rings (SSSR count). The van der Waals surface area contributed by atoms with Crippen molar-refractivity contribution in [3.8, 4) is 5.75 Å². The summed E-state index contributed by atoms with van der Waals surface area (Å²) in [4.78, 5) is 36.3. The number of anilines is 1. The maximum Gasteiger partial charge on any atom is 0.271 e. The Morgan fingerprint density at radius 2 is 1.91 bits per heavy atom. The van der Waals surface area contributed by atoms with Crippen molar-refractivity contribution in [3.63, 3.8) is 0 Å². The molecule has 10 heteroatoms. The van der Waals surface area contributed by atoms with Gasteiger partial charge in [0.25, 0.3) is 11.8 Å². The van der Waals surface area contributed by atoms with E-state index in [1.54, 1.807) is 42.6 Å². The molecule has 0 radical (unpaired) electrons. The zero-order valence-corrected chi connectivity index (χ0v) is 19.9. The van der Waals surface area contributed by atoms with Crippen LogP contribution in [0.25, 0.3) is 6.08 Å². The monoisotopic (exact) mass is 494 g/mol. The number of aromatic nitrogens is 2. The molecule has 4 N–H and O–H groups in total. The normalized spacial score (nSPS) is 14.5. The van der Waals surface area contributed by atoms with Crippen LogP contribution in [-0.4, -0.2) is 70.9 Å². The number of ether oxygens (including phenoxy) is 1. The van der Waals surface area contributed by atoms with E-state index in [4.69, 9.17) is 22.1 Å². The largest absolute Gasteiger partial charge is 0.492 e. The number of piperazine rings is 1. The fraction of sp³-hybridized carbons (Fsp3) is 0.240. The maximum absolute atomic E-state index is 13.0. The summed E-state index contributed by atoms with van der Waals surface area (Å²) >= 11 is 5.89. The quantitative estimate of drug-likeness (QED) is 0.415. The van der Waals surface area contributed by atoms with Crippen molar-refractivity contribution >= 4 is 35.2 Å². The van der Waals surface area contributed by atoms with Gasteiger partial charge in [-0.25, -0.2) is 4.98 Å². The molecule has 1 aliphatic heterocycles. The summed E-state index contributed by atoms with van der Waals surface area (Å²) in [6, 6.07) is 14.2. The number of amides is 2. The van der Waals surface area contributed by atoms with Crippen LogP contribution in [0.15, 0.2) is 66.8 Å². The van der Waals surface area contributed by atoms with Gasteiger partial charge in [0, 0.05) is 55.2 Å². The van der Waals surface area contributed by atoms with Gasteiger partial charge in [-0.1, -0.05) is 17.7 Å². The van der Waals surface area contributed by atoms with E-state index < -0.39 is 5.91 Å². The highest BCUT2D eigenvalue weighted by Crippen LogP contribution is 2.17. The number of aromatic amines is 1. The van der Waals surface area contributed by atoms with Crippen molar-refractivity contribution in [2.75, 3.05) is 44.6 Å². The number of nitrogens with two attached hydrogens (primary N) is 1. The van der Waals surface area contributed by atoms with Gasteiger partial charge in [0.2, 0.25) is 0 Å². The molecule has 0 aliphatic carbocycles. The number of benzene rings is 2. The Kier molecular flexibility index (Phi) is 8.02. The number of halogens is 1. The van der Waals surface area contributed by atoms with Crippen molar-refractivity contribution in [1.29, 1.82) is 0 Å². The molecule has 0 unspecified atom stereocenters. The molecule has 3 aromatic rings. The smallest absolute Gasteiger partial charge is 0.271 e. The zero-order chi connectivity index (χ0) is 24.6. The molecule has 2 aromatic carbocycles. The fourth-order valence-electron chi connectivity index (χ4n) is 3.69. The third-order valence-corrected chi connectivity index (χ3v) is 5.85. The maximum atomic E-state index is 13.0. The Morgan fingerprint density at radius 1 is 1.14 bits per heavy atom. The molecule has 1 saturated heterocycles. The van der Waals surface area contributed by atoms with Crippen LogP contribution >= 0.6 is 11.6 Å². The number of rotatable bonds is 8. The predicted octanol–water partition coefficient (Wildman–Crippen LogP) is 2.84. The molecule has 0 bridgehead atoms. The number of nitrogens with zero attached hydrogens (tertiary/aromatic N) is 3. The molecule has 2 amide bonds. The minimum atomic E-state index is -0.466. The number of hydrogen-bond acceptors (Lipinski definition) is 6. The van der Waals surface area contributed by atoms with E-state index in [2.05, 4.69) is 20.2 Å². The number of imidazole rings is 1. The van der Waals surface area contributed by atoms with Gasteiger partial charge >= 0.3 is 0 Å². The van der Waals surface area contributed by atoms with Crippen molar-refractivity contribution in [1.82, 2.24) is 19.8 Å². The van der Waals surface area contributed by atoms with E-state index in [1.807, 2.05) is 17.0 Å². The summed E-state index contributed by atoms with van der Waals surface area (Å²) in [6.45, 7) is 4.11. The van der Waals surface area contributed by atoms with E-state index in [1.165, 1.54) is 12.4 Å².